The van der Waals surface area contributed by atoms with Crippen LogP contribution in [0.1, 0.15) is 5.56 Å². The fourth-order valence-corrected chi connectivity index (χ4v) is 2.98. The van der Waals surface area contributed by atoms with Crippen LogP contribution >= 0.6 is 12.4 Å². The van der Waals surface area contributed by atoms with Crippen molar-refractivity contribution in [2.24, 2.45) is 0 Å². The average Bonchev–Trinajstić information content (AvgIpc) is 3.12. The molecular formula is C21H21ClN4. The molecule has 2 N–H and O–H groups in total. The van der Waals surface area contributed by atoms with E-state index < -0.39 is 0 Å². The maximum Gasteiger partial charge on any atom is 0.207 e. The van der Waals surface area contributed by atoms with Crippen LogP contribution in [0.4, 0.5) is 23.1 Å². The zero-order valence-corrected chi connectivity index (χ0v) is 15.5. The predicted molar refractivity (Wildman–Crippen MR) is 111 cm³/mol. The molecule has 1 heterocycles. The lowest BCUT2D eigenvalue weighted by atomic mass is 10.2. The maximum atomic E-state index is 4.85. The molecule has 0 saturated heterocycles. The number of hydrogen-bond acceptors (Lipinski definition) is 3. The Balaban J connectivity index is 0.00000196. The first-order valence-electron chi connectivity index (χ1n) is 8.32. The normalized spacial score (nSPS) is 10.4. The third kappa shape index (κ3) is 3.37. The molecule has 0 spiro atoms. The van der Waals surface area contributed by atoms with E-state index in [1.54, 1.807) is 0 Å². The third-order valence-electron chi connectivity index (χ3n) is 4.39. The van der Waals surface area contributed by atoms with E-state index in [4.69, 9.17) is 4.98 Å². The number of halogens is 1. The smallest absolute Gasteiger partial charge is 0.207 e. The summed E-state index contributed by atoms with van der Waals surface area (Å²) in [5.74, 6) is 1.65. The highest BCUT2D eigenvalue weighted by molar-refractivity contribution is 5.85. The molecule has 2 aliphatic rings. The van der Waals surface area contributed by atoms with Crippen LogP contribution in [-0.2, 0) is 0 Å². The standard InChI is InChI=1S/C21H20N4.ClH/c1-15-9-6-7-13-18(15)22-21-23-19-14-8-12-17(19)20(24-21)25(2)16-10-4-3-5-11-16;/h3-14H,1-2H3,(H2,22,23,24);1H. The number of nitrogens with zero attached hydrogens (tertiary/aromatic N) is 2. The highest BCUT2D eigenvalue weighted by Crippen LogP contribution is 2.35. The van der Waals surface area contributed by atoms with Crippen molar-refractivity contribution < 1.29 is 0 Å². The number of aryl methyl sites for hydroxylation is 1. The van der Waals surface area contributed by atoms with E-state index in [1.807, 2.05) is 43.4 Å². The lowest BCUT2D eigenvalue weighted by Gasteiger charge is -2.22. The summed E-state index contributed by atoms with van der Waals surface area (Å²) in [6.07, 6.45) is 0. The van der Waals surface area contributed by atoms with Crippen molar-refractivity contribution in [1.29, 1.82) is 0 Å². The summed E-state index contributed by atoms with van der Waals surface area (Å²) in [6.45, 7) is 2.08. The topological polar surface area (TPSA) is 44.0 Å². The molecule has 4 nitrogen and oxygen atoms in total. The van der Waals surface area contributed by atoms with Crippen molar-refractivity contribution in [3.8, 4) is 11.3 Å². The molecule has 2 aromatic rings. The van der Waals surface area contributed by atoms with Gasteiger partial charge in [0.05, 0.1) is 5.69 Å². The van der Waals surface area contributed by atoms with E-state index in [1.165, 1.54) is 5.56 Å². The van der Waals surface area contributed by atoms with Crippen LogP contribution in [0.15, 0.2) is 72.8 Å². The van der Waals surface area contributed by atoms with E-state index in [0.717, 1.165) is 34.4 Å². The van der Waals surface area contributed by atoms with Gasteiger partial charge in [-0.2, -0.15) is 4.98 Å². The molecule has 1 aliphatic heterocycles. The molecule has 0 saturated carbocycles. The molecule has 0 atom stereocenters. The Bertz CT molecular complexity index is 965. The highest BCUT2D eigenvalue weighted by atomic mass is 35.5. The van der Waals surface area contributed by atoms with E-state index in [2.05, 4.69) is 58.5 Å². The molecule has 1 aliphatic carbocycles. The van der Waals surface area contributed by atoms with Crippen LogP contribution in [0.2, 0.25) is 0 Å². The molecule has 132 valence electrons. The average molecular weight is 365 g/mol. The number of hydrogen-bond donors (Lipinski definition) is 2. The van der Waals surface area contributed by atoms with Crippen LogP contribution < -0.4 is 10.2 Å². The van der Waals surface area contributed by atoms with Crippen LogP contribution in [0.3, 0.4) is 0 Å². The number of anilines is 4. The van der Waals surface area contributed by atoms with Crippen molar-refractivity contribution in [2.75, 3.05) is 17.3 Å². The summed E-state index contributed by atoms with van der Waals surface area (Å²) in [6, 6.07) is 24.7. The van der Waals surface area contributed by atoms with Gasteiger partial charge in [-0.05, 0) is 42.8 Å². The minimum Gasteiger partial charge on any atom is -0.329 e. The molecule has 26 heavy (non-hydrogen) atoms. The van der Waals surface area contributed by atoms with Gasteiger partial charge >= 0.3 is 0 Å². The summed E-state index contributed by atoms with van der Waals surface area (Å²) in [5.41, 5.74) is 5.49. The highest BCUT2D eigenvalue weighted by Gasteiger charge is 2.17. The fourth-order valence-electron chi connectivity index (χ4n) is 2.98. The monoisotopic (exact) mass is 364 g/mol. The number of aromatic nitrogens is 2. The van der Waals surface area contributed by atoms with Crippen molar-refractivity contribution in [3.63, 3.8) is 0 Å². The van der Waals surface area contributed by atoms with Crippen molar-refractivity contribution >= 4 is 35.5 Å². The fraction of sp³-hybridized carbons (Fsp3) is 0.0952. The molecule has 2 aromatic carbocycles. The van der Waals surface area contributed by atoms with Gasteiger partial charge in [0.1, 0.15) is 5.82 Å². The van der Waals surface area contributed by atoms with Crippen LogP contribution in [-0.4, -0.2) is 17.0 Å². The lowest BCUT2D eigenvalue weighted by Crippen LogP contribution is -2.14. The summed E-state index contributed by atoms with van der Waals surface area (Å²) < 4.78 is 0. The van der Waals surface area contributed by atoms with Gasteiger partial charge in [-0.3, -0.25) is 0 Å². The van der Waals surface area contributed by atoms with Gasteiger partial charge in [0.2, 0.25) is 5.95 Å². The van der Waals surface area contributed by atoms with Crippen molar-refractivity contribution in [1.82, 2.24) is 9.97 Å². The molecule has 0 bridgehead atoms. The lowest BCUT2D eigenvalue weighted by molar-refractivity contribution is 1.09. The first-order chi connectivity index (χ1) is 12.2. The van der Waals surface area contributed by atoms with E-state index in [-0.39, 0.29) is 12.4 Å². The minimum absolute atomic E-state index is 0. The van der Waals surface area contributed by atoms with E-state index in [0.29, 0.717) is 0 Å². The van der Waals surface area contributed by atoms with E-state index >= 15 is 0 Å². The van der Waals surface area contributed by atoms with Gasteiger partial charge in [-0.1, -0.05) is 42.5 Å². The number of rotatable bonds is 4. The Morgan fingerprint density at radius 1 is 0.885 bits per heavy atom. The zero-order chi connectivity index (χ0) is 17.2. The first-order valence-corrected chi connectivity index (χ1v) is 8.32. The SMILES string of the molecule is Cc1ccccc1Nc1nc(N(C)c2ccccc2)c2cccc-2[nH]1.Cl. The molecule has 0 radical (unpaired) electrons. The minimum atomic E-state index is 0. The Kier molecular flexibility index (Phi) is 5.14. The maximum absolute atomic E-state index is 4.85. The Labute approximate surface area is 159 Å². The Hall–Kier alpha value is -2.98. The largest absolute Gasteiger partial charge is 0.329 e. The second-order valence-electron chi connectivity index (χ2n) is 6.10. The molecule has 0 aromatic heterocycles. The van der Waals surface area contributed by atoms with E-state index in [9.17, 15) is 0 Å². The van der Waals surface area contributed by atoms with Crippen LogP contribution in [0.25, 0.3) is 11.3 Å². The number of para-hydroxylation sites is 2. The van der Waals surface area contributed by atoms with Gasteiger partial charge < -0.3 is 15.2 Å². The zero-order valence-electron chi connectivity index (χ0n) is 14.7. The van der Waals surface area contributed by atoms with Crippen molar-refractivity contribution in [2.45, 2.75) is 6.92 Å². The second kappa shape index (κ2) is 7.50. The second-order valence-corrected chi connectivity index (χ2v) is 6.10. The summed E-state index contributed by atoms with van der Waals surface area (Å²) in [5, 5.41) is 3.41. The molecule has 5 heteroatoms. The number of fused-ring (bicyclic) bond motifs is 1. The molecule has 4 rings (SSSR count). The summed E-state index contributed by atoms with van der Waals surface area (Å²) in [7, 11) is 2.04. The van der Waals surface area contributed by atoms with Gasteiger partial charge in [0.25, 0.3) is 0 Å². The number of nitrogens with one attached hydrogen (secondary N) is 2. The number of H-pyrrole nitrogens is 1. The molecule has 0 unspecified atom stereocenters. The van der Waals surface area contributed by atoms with Crippen LogP contribution in [0, 0.1) is 6.92 Å². The summed E-state index contributed by atoms with van der Waals surface area (Å²) >= 11 is 0. The van der Waals surface area contributed by atoms with Gasteiger partial charge in [0, 0.05) is 24.0 Å². The van der Waals surface area contributed by atoms with Gasteiger partial charge in [0.15, 0.2) is 0 Å². The molecule has 0 fully saturated rings. The van der Waals surface area contributed by atoms with Gasteiger partial charge in [-0.15, -0.1) is 12.4 Å². The van der Waals surface area contributed by atoms with Crippen molar-refractivity contribution in [3.05, 3.63) is 78.4 Å². The quantitative estimate of drug-likeness (QED) is 0.484. The Morgan fingerprint density at radius 2 is 1.62 bits per heavy atom. The van der Waals surface area contributed by atoms with Crippen LogP contribution in [0.5, 0.6) is 0 Å². The molecule has 0 amide bonds. The number of aromatic amines is 1. The summed E-state index contributed by atoms with van der Waals surface area (Å²) in [4.78, 5) is 10.3. The first kappa shape index (κ1) is 17.8. The Morgan fingerprint density at radius 3 is 2.38 bits per heavy atom. The predicted octanol–water partition coefficient (Wildman–Crippen LogP) is 5.76. The van der Waals surface area contributed by atoms with Gasteiger partial charge in [-0.25, -0.2) is 0 Å². The molecular weight excluding hydrogens is 344 g/mol. The number of benzene rings is 2. The third-order valence-corrected chi connectivity index (χ3v) is 4.39.